The largest absolute Gasteiger partial charge is 0.497 e. The van der Waals surface area contributed by atoms with Gasteiger partial charge in [-0.15, -0.1) is 0 Å². The second kappa shape index (κ2) is 6.80. The number of piperidine rings is 1. The molecule has 128 valence electrons. The smallest absolute Gasteiger partial charge is 0.417 e. The van der Waals surface area contributed by atoms with Crippen LogP contribution in [-0.4, -0.2) is 60.6 Å². The molecule has 0 aliphatic carbocycles. The maximum Gasteiger partial charge on any atom is 0.417 e. The first-order valence-corrected chi connectivity index (χ1v) is 8.42. The zero-order valence-electron chi connectivity index (χ0n) is 13.2. The molecule has 0 unspecified atom stereocenters. The Hall–Kier alpha value is -2.09. The Morgan fingerprint density at radius 3 is 2.58 bits per heavy atom. The number of carbonyl (C=O) groups excluding carboxylic acids is 3. The summed E-state index contributed by atoms with van der Waals surface area (Å²) in [7, 11) is 1.55. The van der Waals surface area contributed by atoms with Gasteiger partial charge in [0.15, 0.2) is 6.61 Å². The van der Waals surface area contributed by atoms with E-state index in [9.17, 15) is 14.4 Å². The summed E-state index contributed by atoms with van der Waals surface area (Å²) >= 11 is 3.39. The van der Waals surface area contributed by atoms with Gasteiger partial charge in [0.05, 0.1) is 12.7 Å². The highest BCUT2D eigenvalue weighted by molar-refractivity contribution is 9.10. The number of halogens is 1. The number of benzene rings is 1. The van der Waals surface area contributed by atoms with Crippen molar-refractivity contribution in [3.8, 4) is 5.75 Å². The summed E-state index contributed by atoms with van der Waals surface area (Å²) in [4.78, 5) is 39.0. The van der Waals surface area contributed by atoms with Crippen LogP contribution in [0.5, 0.6) is 5.75 Å². The Bertz CT molecular complexity index is 669. The second-order valence-electron chi connectivity index (χ2n) is 5.69. The summed E-state index contributed by atoms with van der Waals surface area (Å²) in [5.74, 6) is 0.205. The molecule has 0 atom stereocenters. The van der Waals surface area contributed by atoms with Crippen LogP contribution in [0.4, 0.5) is 4.79 Å². The molecule has 1 aromatic carbocycles. The molecule has 0 bridgehead atoms. The normalized spacial score (nSPS) is 18.8. The molecule has 0 N–H and O–H groups in total. The fourth-order valence-electron chi connectivity index (χ4n) is 3.01. The van der Waals surface area contributed by atoms with E-state index in [4.69, 9.17) is 9.47 Å². The molecule has 1 aromatic rings. The summed E-state index contributed by atoms with van der Waals surface area (Å²) in [6.45, 7) is 0.767. The topological polar surface area (TPSA) is 76.2 Å². The Balaban J connectivity index is 1.67. The van der Waals surface area contributed by atoms with Gasteiger partial charge in [0.2, 0.25) is 0 Å². The third kappa shape index (κ3) is 3.10. The molecule has 2 fully saturated rings. The van der Waals surface area contributed by atoms with Gasteiger partial charge in [0.25, 0.3) is 11.8 Å². The lowest BCUT2D eigenvalue weighted by Gasteiger charge is -2.34. The van der Waals surface area contributed by atoms with E-state index in [1.54, 1.807) is 30.2 Å². The minimum Gasteiger partial charge on any atom is -0.497 e. The van der Waals surface area contributed by atoms with Crippen molar-refractivity contribution in [1.29, 1.82) is 0 Å². The van der Waals surface area contributed by atoms with Gasteiger partial charge in [-0.05, 0) is 47.0 Å². The molecule has 2 heterocycles. The van der Waals surface area contributed by atoms with Crippen molar-refractivity contribution in [2.24, 2.45) is 0 Å². The number of amides is 3. The zero-order valence-corrected chi connectivity index (χ0v) is 14.7. The second-order valence-corrected chi connectivity index (χ2v) is 6.54. The van der Waals surface area contributed by atoms with Gasteiger partial charge in [-0.2, -0.15) is 0 Å². The number of nitrogens with zero attached hydrogens (tertiary/aromatic N) is 2. The summed E-state index contributed by atoms with van der Waals surface area (Å²) < 4.78 is 10.6. The Kier molecular flexibility index (Phi) is 4.75. The van der Waals surface area contributed by atoms with E-state index in [0.29, 0.717) is 41.7 Å². The maximum absolute atomic E-state index is 12.7. The third-order valence-electron chi connectivity index (χ3n) is 4.31. The molecule has 24 heavy (non-hydrogen) atoms. The van der Waals surface area contributed by atoms with Gasteiger partial charge in [-0.3, -0.25) is 9.59 Å². The molecule has 0 spiro atoms. The number of imide groups is 1. The van der Waals surface area contributed by atoms with Crippen molar-refractivity contribution in [3.63, 3.8) is 0 Å². The summed E-state index contributed by atoms with van der Waals surface area (Å²) in [5.41, 5.74) is 0.532. The van der Waals surface area contributed by atoms with Gasteiger partial charge in [-0.1, -0.05) is 0 Å². The fraction of sp³-hybridized carbons (Fsp3) is 0.438. The van der Waals surface area contributed by atoms with Crippen molar-refractivity contribution in [2.45, 2.75) is 18.9 Å². The molecule has 0 aromatic heterocycles. The van der Waals surface area contributed by atoms with E-state index in [2.05, 4.69) is 15.9 Å². The molecule has 3 rings (SSSR count). The molecule has 0 radical (unpaired) electrons. The van der Waals surface area contributed by atoms with Crippen molar-refractivity contribution in [2.75, 3.05) is 26.8 Å². The summed E-state index contributed by atoms with van der Waals surface area (Å²) in [6.07, 6.45) is 0.516. The van der Waals surface area contributed by atoms with Crippen LogP contribution in [0.3, 0.4) is 0 Å². The van der Waals surface area contributed by atoms with Crippen LogP contribution >= 0.6 is 15.9 Å². The molecule has 8 heteroatoms. The van der Waals surface area contributed by atoms with E-state index >= 15 is 0 Å². The van der Waals surface area contributed by atoms with E-state index in [1.807, 2.05) is 0 Å². The fourth-order valence-corrected chi connectivity index (χ4v) is 3.43. The first kappa shape index (κ1) is 16.8. The summed E-state index contributed by atoms with van der Waals surface area (Å²) in [6, 6.07) is 5.04. The number of likely N-dealkylation sites (tertiary alicyclic amines) is 1. The van der Waals surface area contributed by atoms with Crippen molar-refractivity contribution >= 4 is 33.8 Å². The van der Waals surface area contributed by atoms with Crippen molar-refractivity contribution in [1.82, 2.24) is 9.80 Å². The van der Waals surface area contributed by atoms with Crippen LogP contribution in [0.2, 0.25) is 0 Å². The number of carbonyl (C=O) groups is 3. The predicted molar refractivity (Wildman–Crippen MR) is 87.8 cm³/mol. The highest BCUT2D eigenvalue weighted by Crippen LogP contribution is 2.26. The van der Waals surface area contributed by atoms with Crippen molar-refractivity contribution < 1.29 is 23.9 Å². The molecule has 7 nitrogen and oxygen atoms in total. The molecule has 0 saturated carbocycles. The van der Waals surface area contributed by atoms with E-state index in [-0.39, 0.29) is 24.5 Å². The average molecular weight is 397 g/mol. The van der Waals surface area contributed by atoms with Crippen LogP contribution in [0, 0.1) is 0 Å². The molecular formula is C16H17BrN2O5. The number of hydrogen-bond donors (Lipinski definition) is 0. The molecule has 2 aliphatic rings. The van der Waals surface area contributed by atoms with E-state index in [1.165, 1.54) is 4.90 Å². The van der Waals surface area contributed by atoms with Gasteiger partial charge in [-0.25, -0.2) is 9.69 Å². The lowest BCUT2D eigenvalue weighted by Crippen LogP contribution is -2.48. The SMILES string of the molecule is COc1ccc(Br)c(C(=O)N2CCC(N3C(=O)COC3=O)CC2)c1. The van der Waals surface area contributed by atoms with Crippen LogP contribution in [0.15, 0.2) is 22.7 Å². The van der Waals surface area contributed by atoms with Gasteiger partial charge in [0, 0.05) is 23.6 Å². The quantitative estimate of drug-likeness (QED) is 0.781. The van der Waals surface area contributed by atoms with Crippen LogP contribution in [-0.2, 0) is 9.53 Å². The number of rotatable bonds is 3. The minimum absolute atomic E-state index is 0.102. The number of hydrogen-bond acceptors (Lipinski definition) is 5. The number of cyclic esters (lactones) is 1. The molecule has 2 saturated heterocycles. The highest BCUT2D eigenvalue weighted by Gasteiger charge is 2.39. The van der Waals surface area contributed by atoms with Crippen molar-refractivity contribution in [3.05, 3.63) is 28.2 Å². The van der Waals surface area contributed by atoms with E-state index in [0.717, 1.165) is 0 Å². The maximum atomic E-state index is 12.7. The van der Waals surface area contributed by atoms with E-state index < -0.39 is 6.09 Å². The first-order valence-electron chi connectivity index (χ1n) is 7.63. The van der Waals surface area contributed by atoms with Crippen LogP contribution in [0.25, 0.3) is 0 Å². The minimum atomic E-state index is -0.583. The Morgan fingerprint density at radius 2 is 2.00 bits per heavy atom. The monoisotopic (exact) mass is 396 g/mol. The number of methoxy groups -OCH3 is 1. The zero-order chi connectivity index (χ0) is 17.3. The average Bonchev–Trinajstić information content (AvgIpc) is 2.93. The Morgan fingerprint density at radius 1 is 1.29 bits per heavy atom. The highest BCUT2D eigenvalue weighted by atomic mass is 79.9. The predicted octanol–water partition coefficient (Wildman–Crippen LogP) is 2.04. The first-order chi connectivity index (χ1) is 11.5. The molecule has 2 aliphatic heterocycles. The van der Waals surface area contributed by atoms with Gasteiger partial charge >= 0.3 is 6.09 Å². The van der Waals surface area contributed by atoms with Gasteiger partial charge < -0.3 is 14.4 Å². The van der Waals surface area contributed by atoms with Crippen LogP contribution < -0.4 is 4.74 Å². The Labute approximate surface area is 147 Å². The molecular weight excluding hydrogens is 380 g/mol. The van der Waals surface area contributed by atoms with Gasteiger partial charge in [0.1, 0.15) is 5.75 Å². The lowest BCUT2D eigenvalue weighted by atomic mass is 10.0. The summed E-state index contributed by atoms with van der Waals surface area (Å²) in [5, 5.41) is 0. The third-order valence-corrected chi connectivity index (χ3v) is 5.00. The standard InChI is InChI=1S/C16H17BrN2O5/c1-23-11-2-3-13(17)12(8-11)15(21)18-6-4-10(5-7-18)19-14(20)9-24-16(19)22/h2-3,8,10H,4-7,9H2,1H3. The molecule has 3 amide bonds. The lowest BCUT2D eigenvalue weighted by molar-refractivity contribution is -0.127. The van der Waals surface area contributed by atoms with Crippen LogP contribution in [0.1, 0.15) is 23.2 Å². The number of ether oxygens (including phenoxy) is 2.